The number of amides is 2. The maximum Gasteiger partial charge on any atom is 0.287 e. The highest BCUT2D eigenvalue weighted by Gasteiger charge is 2.17. The fourth-order valence-electron chi connectivity index (χ4n) is 3.89. The molecule has 1 saturated heterocycles. The second-order valence-electron chi connectivity index (χ2n) is 7.95. The van der Waals surface area contributed by atoms with Crippen LogP contribution in [0.4, 0.5) is 0 Å². The second kappa shape index (κ2) is 11.7. The minimum atomic E-state index is -0.183. The monoisotopic (exact) mass is 430 g/mol. The van der Waals surface area contributed by atoms with E-state index in [-0.39, 0.29) is 18.4 Å². The van der Waals surface area contributed by atoms with Crippen LogP contribution < -0.4 is 5.32 Å². The van der Waals surface area contributed by atoms with Crippen molar-refractivity contribution in [3.8, 4) is 0 Å². The third-order valence-electron chi connectivity index (χ3n) is 5.51. The minimum absolute atomic E-state index is 0.0250. The van der Waals surface area contributed by atoms with Gasteiger partial charge in [0.1, 0.15) is 12.4 Å². The number of aromatic nitrogens is 1. The molecule has 8 nitrogen and oxygen atoms in total. The quantitative estimate of drug-likeness (QED) is 0.559. The number of carbonyl (C=O) groups excluding carboxylic acids is 2. The molecule has 1 aliphatic rings. The molecule has 0 radical (unpaired) electrons. The van der Waals surface area contributed by atoms with Crippen molar-refractivity contribution in [1.29, 1.82) is 0 Å². The molecule has 0 unspecified atom stereocenters. The van der Waals surface area contributed by atoms with Crippen molar-refractivity contribution in [3.05, 3.63) is 47.7 Å². The SMILES string of the molecule is CCCN(Cc1cccn1Cc1ccc(C(=O)NCCN2CCCC2)o1)C(=O)COC. The number of furan rings is 1. The Morgan fingerprint density at radius 1 is 1.23 bits per heavy atom. The first kappa shape index (κ1) is 23.1. The highest BCUT2D eigenvalue weighted by atomic mass is 16.5. The lowest BCUT2D eigenvalue weighted by atomic mass is 10.3. The average Bonchev–Trinajstić information content (AvgIpc) is 3.51. The van der Waals surface area contributed by atoms with Crippen molar-refractivity contribution < 1.29 is 18.7 Å². The molecule has 8 heteroatoms. The summed E-state index contributed by atoms with van der Waals surface area (Å²) in [5, 5.41) is 2.94. The fraction of sp³-hybridized carbons (Fsp3) is 0.565. The Balaban J connectivity index is 1.55. The van der Waals surface area contributed by atoms with Gasteiger partial charge in [0.05, 0.1) is 13.1 Å². The summed E-state index contributed by atoms with van der Waals surface area (Å²) in [6.07, 6.45) is 5.32. The number of nitrogens with zero attached hydrogens (tertiary/aromatic N) is 3. The molecule has 3 heterocycles. The summed E-state index contributed by atoms with van der Waals surface area (Å²) in [4.78, 5) is 28.8. The second-order valence-corrected chi connectivity index (χ2v) is 7.95. The van der Waals surface area contributed by atoms with Gasteiger partial charge in [-0.25, -0.2) is 0 Å². The molecule has 0 atom stereocenters. The number of hydrogen-bond acceptors (Lipinski definition) is 5. The van der Waals surface area contributed by atoms with Gasteiger partial charge in [0, 0.05) is 38.6 Å². The number of carbonyl (C=O) groups is 2. The Morgan fingerprint density at radius 2 is 2.03 bits per heavy atom. The first-order chi connectivity index (χ1) is 15.1. The van der Waals surface area contributed by atoms with Crippen molar-refractivity contribution in [2.75, 3.05) is 46.4 Å². The Labute approximate surface area is 184 Å². The number of likely N-dealkylation sites (tertiary alicyclic amines) is 1. The van der Waals surface area contributed by atoms with Crippen molar-refractivity contribution in [2.24, 2.45) is 0 Å². The minimum Gasteiger partial charge on any atom is -0.454 e. The summed E-state index contributed by atoms with van der Waals surface area (Å²) in [5.41, 5.74) is 1.01. The van der Waals surface area contributed by atoms with Crippen LogP contribution in [0.15, 0.2) is 34.9 Å². The van der Waals surface area contributed by atoms with Crippen molar-refractivity contribution in [1.82, 2.24) is 19.7 Å². The van der Waals surface area contributed by atoms with Crippen LogP contribution >= 0.6 is 0 Å². The zero-order valence-electron chi connectivity index (χ0n) is 18.6. The molecular weight excluding hydrogens is 396 g/mol. The van der Waals surface area contributed by atoms with Gasteiger partial charge >= 0.3 is 0 Å². The fourth-order valence-corrected chi connectivity index (χ4v) is 3.89. The lowest BCUT2D eigenvalue weighted by Crippen LogP contribution is -2.34. The standard InChI is InChI=1S/C23H34N4O4/c1-3-11-27(22(28)18-30-2)16-19-7-6-14-26(19)17-20-8-9-21(31-20)23(29)24-10-15-25-12-4-5-13-25/h6-9,14H,3-5,10-13,15-18H2,1-2H3,(H,24,29). The first-order valence-electron chi connectivity index (χ1n) is 11.1. The molecule has 0 saturated carbocycles. The Morgan fingerprint density at radius 3 is 2.77 bits per heavy atom. The molecule has 2 amide bonds. The molecule has 3 rings (SSSR count). The van der Waals surface area contributed by atoms with Gasteiger partial charge in [-0.05, 0) is 56.6 Å². The molecule has 2 aromatic rings. The van der Waals surface area contributed by atoms with E-state index < -0.39 is 0 Å². The van der Waals surface area contributed by atoms with E-state index in [2.05, 4.69) is 10.2 Å². The molecule has 0 aromatic carbocycles. The van der Waals surface area contributed by atoms with E-state index in [0.29, 0.717) is 37.7 Å². The third-order valence-corrected chi connectivity index (χ3v) is 5.51. The average molecular weight is 431 g/mol. The number of rotatable bonds is 12. The molecule has 2 aromatic heterocycles. The van der Waals surface area contributed by atoms with Gasteiger partial charge in [-0.3, -0.25) is 9.59 Å². The van der Waals surface area contributed by atoms with E-state index in [1.807, 2.05) is 35.9 Å². The zero-order chi connectivity index (χ0) is 22.1. The first-order valence-corrected chi connectivity index (χ1v) is 11.1. The van der Waals surface area contributed by atoms with Gasteiger partial charge in [-0.15, -0.1) is 0 Å². The van der Waals surface area contributed by atoms with Crippen molar-refractivity contribution in [2.45, 2.75) is 39.3 Å². The molecular formula is C23H34N4O4. The largest absolute Gasteiger partial charge is 0.454 e. The lowest BCUT2D eigenvalue weighted by molar-refractivity contribution is -0.135. The summed E-state index contributed by atoms with van der Waals surface area (Å²) < 4.78 is 12.8. The van der Waals surface area contributed by atoms with E-state index >= 15 is 0 Å². The van der Waals surface area contributed by atoms with Crippen LogP contribution in [0.2, 0.25) is 0 Å². The number of nitrogens with one attached hydrogen (secondary N) is 1. The van der Waals surface area contributed by atoms with E-state index in [4.69, 9.17) is 9.15 Å². The lowest BCUT2D eigenvalue weighted by Gasteiger charge is -2.22. The van der Waals surface area contributed by atoms with Gasteiger partial charge in [0.2, 0.25) is 5.91 Å². The maximum absolute atomic E-state index is 12.4. The molecule has 0 spiro atoms. The van der Waals surface area contributed by atoms with Crippen LogP contribution in [0, 0.1) is 0 Å². The van der Waals surface area contributed by atoms with Crippen LogP contribution in [0.25, 0.3) is 0 Å². The van der Waals surface area contributed by atoms with Gasteiger partial charge < -0.3 is 28.8 Å². The van der Waals surface area contributed by atoms with Crippen LogP contribution in [-0.4, -0.2) is 72.6 Å². The molecule has 1 N–H and O–H groups in total. The highest BCUT2D eigenvalue weighted by Crippen LogP contribution is 2.14. The molecule has 1 fully saturated rings. The summed E-state index contributed by atoms with van der Waals surface area (Å²) in [7, 11) is 1.53. The third kappa shape index (κ3) is 6.70. The van der Waals surface area contributed by atoms with E-state index in [1.165, 1.54) is 20.0 Å². The van der Waals surface area contributed by atoms with Crippen LogP contribution in [0.5, 0.6) is 0 Å². The van der Waals surface area contributed by atoms with E-state index in [9.17, 15) is 9.59 Å². The molecule has 0 aliphatic carbocycles. The van der Waals surface area contributed by atoms with Gasteiger partial charge in [-0.2, -0.15) is 0 Å². The topological polar surface area (TPSA) is 80.0 Å². The molecule has 0 bridgehead atoms. The van der Waals surface area contributed by atoms with Gasteiger partial charge in [-0.1, -0.05) is 6.92 Å². The highest BCUT2D eigenvalue weighted by molar-refractivity contribution is 5.91. The number of ether oxygens (including phenoxy) is 1. The van der Waals surface area contributed by atoms with Crippen LogP contribution in [0.1, 0.15) is 48.2 Å². The van der Waals surface area contributed by atoms with Crippen LogP contribution in [-0.2, 0) is 22.6 Å². The summed E-state index contributed by atoms with van der Waals surface area (Å²) in [5.74, 6) is 0.820. The summed E-state index contributed by atoms with van der Waals surface area (Å²) >= 11 is 0. The maximum atomic E-state index is 12.4. The number of methoxy groups -OCH3 is 1. The predicted octanol–water partition coefficient (Wildman–Crippen LogP) is 2.34. The van der Waals surface area contributed by atoms with Gasteiger partial charge in [0.25, 0.3) is 5.91 Å². The predicted molar refractivity (Wildman–Crippen MR) is 118 cm³/mol. The van der Waals surface area contributed by atoms with Crippen molar-refractivity contribution in [3.63, 3.8) is 0 Å². The molecule has 1 aliphatic heterocycles. The zero-order valence-corrected chi connectivity index (χ0v) is 18.6. The van der Waals surface area contributed by atoms with Crippen molar-refractivity contribution >= 4 is 11.8 Å². The summed E-state index contributed by atoms with van der Waals surface area (Å²) in [6, 6.07) is 7.50. The molecule has 170 valence electrons. The normalized spacial score (nSPS) is 14.1. The van der Waals surface area contributed by atoms with E-state index in [0.717, 1.165) is 31.7 Å². The Kier molecular flexibility index (Phi) is 8.73. The van der Waals surface area contributed by atoms with Crippen LogP contribution in [0.3, 0.4) is 0 Å². The number of hydrogen-bond donors (Lipinski definition) is 1. The Bertz CT molecular complexity index is 838. The van der Waals surface area contributed by atoms with E-state index in [1.54, 1.807) is 11.0 Å². The Hall–Kier alpha value is -2.58. The molecule has 31 heavy (non-hydrogen) atoms. The van der Waals surface area contributed by atoms with Gasteiger partial charge in [0.15, 0.2) is 5.76 Å². The smallest absolute Gasteiger partial charge is 0.287 e. The summed E-state index contributed by atoms with van der Waals surface area (Å²) in [6.45, 7) is 7.55.